The van der Waals surface area contributed by atoms with Crippen molar-refractivity contribution in [1.29, 1.82) is 0 Å². The predicted molar refractivity (Wildman–Crippen MR) is 94.6 cm³/mol. The lowest BCUT2D eigenvalue weighted by atomic mass is 10.1. The molecule has 2 aromatic rings. The molecule has 24 heavy (non-hydrogen) atoms. The van der Waals surface area contributed by atoms with E-state index >= 15 is 0 Å². The second-order valence-electron chi connectivity index (χ2n) is 5.73. The van der Waals surface area contributed by atoms with Gasteiger partial charge in [0, 0.05) is 11.6 Å². The average Bonchev–Trinajstić information content (AvgIpc) is 2.56. The van der Waals surface area contributed by atoms with Crippen LogP contribution in [0.2, 0.25) is 5.02 Å². The van der Waals surface area contributed by atoms with Gasteiger partial charge in [-0.25, -0.2) is 0 Å². The fourth-order valence-corrected chi connectivity index (χ4v) is 3.03. The first-order valence-electron chi connectivity index (χ1n) is 8.06. The third-order valence-corrected chi connectivity index (χ3v) is 4.13. The quantitative estimate of drug-likeness (QED) is 0.766. The number of halogens is 1. The normalized spacial score (nSPS) is 16.2. The largest absolute Gasteiger partial charge is 0.486 e. The van der Waals surface area contributed by atoms with E-state index in [0.29, 0.717) is 18.2 Å². The van der Waals surface area contributed by atoms with Crippen LogP contribution in [-0.2, 0) is 16.1 Å². The maximum absolute atomic E-state index is 11.8. The molecule has 4 nitrogen and oxygen atoms in total. The first-order valence-corrected chi connectivity index (χ1v) is 8.44. The van der Waals surface area contributed by atoms with Crippen LogP contribution in [0.25, 0.3) is 0 Å². The minimum atomic E-state index is -0.237. The van der Waals surface area contributed by atoms with Crippen molar-refractivity contribution in [2.24, 2.45) is 0 Å². The molecule has 0 saturated carbocycles. The van der Waals surface area contributed by atoms with Crippen LogP contribution in [0, 0.1) is 0 Å². The minimum absolute atomic E-state index is 0.235. The van der Waals surface area contributed by atoms with Gasteiger partial charge in [0.1, 0.15) is 11.9 Å². The van der Waals surface area contributed by atoms with Crippen molar-refractivity contribution in [2.75, 3.05) is 18.1 Å². The van der Waals surface area contributed by atoms with Crippen molar-refractivity contribution in [1.82, 2.24) is 0 Å². The Kier molecular flexibility index (Phi) is 5.26. The Labute approximate surface area is 146 Å². The van der Waals surface area contributed by atoms with E-state index in [9.17, 15) is 4.79 Å². The van der Waals surface area contributed by atoms with Crippen molar-refractivity contribution >= 4 is 23.3 Å². The Morgan fingerprint density at radius 3 is 2.83 bits per heavy atom. The zero-order valence-electron chi connectivity index (χ0n) is 13.6. The number of hydrogen-bond acceptors (Lipinski definition) is 4. The van der Waals surface area contributed by atoms with Gasteiger partial charge in [0.2, 0.25) is 0 Å². The summed E-state index contributed by atoms with van der Waals surface area (Å²) in [5.74, 6) is 0.510. The highest BCUT2D eigenvalue weighted by atomic mass is 35.5. The smallest absolute Gasteiger partial charge is 0.309 e. The average molecular weight is 346 g/mol. The predicted octanol–water partition coefficient (Wildman–Crippen LogP) is 4.06. The molecule has 0 bridgehead atoms. The Hall–Kier alpha value is -2.20. The third kappa shape index (κ3) is 4.01. The maximum atomic E-state index is 11.8. The number of rotatable bonds is 5. The van der Waals surface area contributed by atoms with Gasteiger partial charge in [0.05, 0.1) is 25.3 Å². The molecule has 0 radical (unpaired) electrons. The van der Waals surface area contributed by atoms with Gasteiger partial charge < -0.3 is 14.4 Å². The van der Waals surface area contributed by atoms with Crippen molar-refractivity contribution < 1.29 is 14.3 Å². The molecule has 3 rings (SSSR count). The third-order valence-electron chi connectivity index (χ3n) is 3.90. The monoisotopic (exact) mass is 345 g/mol. The van der Waals surface area contributed by atoms with E-state index in [0.717, 1.165) is 18.0 Å². The maximum Gasteiger partial charge on any atom is 0.309 e. The van der Waals surface area contributed by atoms with Crippen LogP contribution in [-0.4, -0.2) is 25.2 Å². The van der Waals surface area contributed by atoms with Gasteiger partial charge in [-0.15, -0.1) is 0 Å². The lowest BCUT2D eigenvalue weighted by Gasteiger charge is -2.36. The Morgan fingerprint density at radius 2 is 2.08 bits per heavy atom. The summed E-state index contributed by atoms with van der Waals surface area (Å²) >= 11 is 6.15. The molecule has 5 heteroatoms. The van der Waals surface area contributed by atoms with Crippen LogP contribution >= 0.6 is 11.6 Å². The summed E-state index contributed by atoms with van der Waals surface area (Å²) < 4.78 is 11.0. The van der Waals surface area contributed by atoms with E-state index in [2.05, 4.69) is 17.0 Å². The van der Waals surface area contributed by atoms with Crippen LogP contribution in [0.5, 0.6) is 5.75 Å². The summed E-state index contributed by atoms with van der Waals surface area (Å²) in [6.45, 7) is 3.53. The fraction of sp³-hybridized carbons (Fsp3) is 0.316. The molecule has 0 N–H and O–H groups in total. The Bertz CT molecular complexity index is 705. The van der Waals surface area contributed by atoms with Gasteiger partial charge in [0.15, 0.2) is 0 Å². The lowest BCUT2D eigenvalue weighted by Crippen LogP contribution is -2.41. The van der Waals surface area contributed by atoms with E-state index < -0.39 is 0 Å². The summed E-state index contributed by atoms with van der Waals surface area (Å²) in [4.78, 5) is 14.0. The summed E-state index contributed by atoms with van der Waals surface area (Å²) in [7, 11) is 0. The summed E-state index contributed by atoms with van der Waals surface area (Å²) in [5, 5.41) is 0.666. The van der Waals surface area contributed by atoms with E-state index in [1.807, 2.05) is 30.3 Å². The van der Waals surface area contributed by atoms with E-state index in [1.54, 1.807) is 13.0 Å². The zero-order chi connectivity index (χ0) is 16.9. The Morgan fingerprint density at radius 1 is 1.29 bits per heavy atom. The summed E-state index contributed by atoms with van der Waals surface area (Å²) in [6, 6.07) is 15.8. The molecule has 0 aliphatic carbocycles. The topological polar surface area (TPSA) is 38.8 Å². The molecular formula is C19H20ClNO3. The van der Waals surface area contributed by atoms with Gasteiger partial charge in [-0.1, -0.05) is 41.9 Å². The second-order valence-corrected chi connectivity index (χ2v) is 6.16. The first kappa shape index (κ1) is 16.7. The number of carbonyl (C=O) groups is 1. The minimum Gasteiger partial charge on any atom is -0.486 e. The van der Waals surface area contributed by atoms with Crippen LogP contribution in [0.4, 0.5) is 5.69 Å². The SMILES string of the molecule is CCOC(=O)CC1CN(Cc2ccccc2)c2cc(Cl)ccc2O1. The second kappa shape index (κ2) is 7.58. The summed E-state index contributed by atoms with van der Waals surface area (Å²) in [6.07, 6.45) is 0.00252. The van der Waals surface area contributed by atoms with Crippen molar-refractivity contribution in [2.45, 2.75) is 26.0 Å². The van der Waals surface area contributed by atoms with Crippen molar-refractivity contribution in [3.8, 4) is 5.75 Å². The van der Waals surface area contributed by atoms with Crippen molar-refractivity contribution in [3.63, 3.8) is 0 Å². The molecule has 2 aromatic carbocycles. The fourth-order valence-electron chi connectivity index (χ4n) is 2.86. The van der Waals surface area contributed by atoms with Crippen LogP contribution < -0.4 is 9.64 Å². The molecule has 1 aliphatic rings. The molecule has 0 spiro atoms. The zero-order valence-corrected chi connectivity index (χ0v) is 14.3. The van der Waals surface area contributed by atoms with Crippen LogP contribution in [0.15, 0.2) is 48.5 Å². The first-order chi connectivity index (χ1) is 11.7. The number of anilines is 1. The number of hydrogen-bond donors (Lipinski definition) is 0. The van der Waals surface area contributed by atoms with Crippen LogP contribution in [0.1, 0.15) is 18.9 Å². The molecule has 0 amide bonds. The van der Waals surface area contributed by atoms with E-state index in [-0.39, 0.29) is 18.5 Å². The standard InChI is InChI=1S/C19H20ClNO3/c1-2-23-19(22)11-16-13-21(12-14-6-4-3-5-7-14)17-10-15(20)8-9-18(17)24-16/h3-10,16H,2,11-13H2,1H3. The summed E-state index contributed by atoms with van der Waals surface area (Å²) in [5.41, 5.74) is 2.15. The van der Waals surface area contributed by atoms with Crippen LogP contribution in [0.3, 0.4) is 0 Å². The molecular weight excluding hydrogens is 326 g/mol. The number of carbonyl (C=O) groups excluding carboxylic acids is 1. The molecule has 0 fully saturated rings. The Balaban J connectivity index is 1.82. The molecule has 1 aliphatic heterocycles. The number of esters is 1. The lowest BCUT2D eigenvalue weighted by molar-refractivity contribution is -0.144. The highest BCUT2D eigenvalue weighted by Gasteiger charge is 2.28. The highest BCUT2D eigenvalue weighted by molar-refractivity contribution is 6.30. The van der Waals surface area contributed by atoms with Gasteiger partial charge in [0.25, 0.3) is 0 Å². The number of ether oxygens (including phenoxy) is 2. The van der Waals surface area contributed by atoms with E-state index in [4.69, 9.17) is 21.1 Å². The molecule has 126 valence electrons. The molecule has 1 unspecified atom stereocenters. The van der Waals surface area contributed by atoms with Gasteiger partial charge in [-0.05, 0) is 30.7 Å². The van der Waals surface area contributed by atoms with Crippen molar-refractivity contribution in [3.05, 3.63) is 59.1 Å². The molecule has 0 aromatic heterocycles. The van der Waals surface area contributed by atoms with E-state index in [1.165, 1.54) is 5.56 Å². The van der Waals surface area contributed by atoms with Gasteiger partial charge >= 0.3 is 5.97 Å². The molecule has 0 saturated heterocycles. The number of fused-ring (bicyclic) bond motifs is 1. The highest BCUT2D eigenvalue weighted by Crippen LogP contribution is 2.37. The van der Waals surface area contributed by atoms with Gasteiger partial charge in [-0.3, -0.25) is 4.79 Å². The number of benzene rings is 2. The molecule has 1 atom stereocenters. The number of nitrogens with zero attached hydrogens (tertiary/aromatic N) is 1. The van der Waals surface area contributed by atoms with Gasteiger partial charge in [-0.2, -0.15) is 0 Å². The molecule has 1 heterocycles.